The second-order valence-electron chi connectivity index (χ2n) is 5.50. The minimum Gasteiger partial charge on any atom is -0.357 e. The largest absolute Gasteiger partial charge is 0.357 e. The van der Waals surface area contributed by atoms with E-state index in [4.69, 9.17) is 0 Å². The number of nitrogens with zero attached hydrogens (tertiary/aromatic N) is 2. The predicted octanol–water partition coefficient (Wildman–Crippen LogP) is 2.14. The number of anilines is 1. The number of rotatable bonds is 3. The summed E-state index contributed by atoms with van der Waals surface area (Å²) in [5, 5.41) is 6.54. The molecule has 0 aliphatic heterocycles. The van der Waals surface area contributed by atoms with Crippen LogP contribution in [0.3, 0.4) is 0 Å². The van der Waals surface area contributed by atoms with E-state index >= 15 is 0 Å². The Bertz CT molecular complexity index is 400. The first-order valence-corrected chi connectivity index (χ1v) is 6.32. The van der Waals surface area contributed by atoms with E-state index in [2.05, 4.69) is 41.4 Å². The number of hydrogen-bond acceptors (Lipinski definition) is 4. The van der Waals surface area contributed by atoms with Gasteiger partial charge in [-0.25, -0.2) is 9.97 Å². The van der Waals surface area contributed by atoms with Crippen LogP contribution in [0.15, 0.2) is 6.20 Å². The Balaban J connectivity index is 2.37. The molecule has 1 aliphatic rings. The molecule has 0 saturated heterocycles. The van der Waals surface area contributed by atoms with Crippen molar-refractivity contribution < 1.29 is 0 Å². The van der Waals surface area contributed by atoms with Gasteiger partial charge in [0.1, 0.15) is 0 Å². The van der Waals surface area contributed by atoms with Crippen molar-refractivity contribution in [2.75, 3.05) is 18.9 Å². The number of aromatic nitrogens is 2. The lowest BCUT2D eigenvalue weighted by Gasteiger charge is -2.36. The van der Waals surface area contributed by atoms with E-state index in [0.717, 1.165) is 25.3 Å². The Hall–Kier alpha value is -1.16. The lowest BCUT2D eigenvalue weighted by molar-refractivity contribution is 0.255. The monoisotopic (exact) mass is 234 g/mol. The van der Waals surface area contributed by atoms with Crippen LogP contribution in [0, 0.1) is 5.41 Å². The first kappa shape index (κ1) is 12.3. The Morgan fingerprint density at radius 1 is 1.47 bits per heavy atom. The Morgan fingerprint density at radius 2 is 2.24 bits per heavy atom. The van der Waals surface area contributed by atoms with Crippen molar-refractivity contribution in [3.8, 4) is 0 Å². The molecule has 0 aromatic carbocycles. The summed E-state index contributed by atoms with van der Waals surface area (Å²) in [5.74, 6) is 0.719. The summed E-state index contributed by atoms with van der Waals surface area (Å²) >= 11 is 0. The molecule has 1 aromatic heterocycles. The first-order valence-electron chi connectivity index (χ1n) is 6.32. The van der Waals surface area contributed by atoms with Crippen LogP contribution in [0.5, 0.6) is 0 Å². The average Bonchev–Trinajstić information content (AvgIpc) is 2.27. The molecular formula is C13H22N4. The SMILES string of the molecule is CCNC1CC(C)(C)Cc2nc(NC)ncc21. The molecule has 4 heteroatoms. The zero-order valence-corrected chi connectivity index (χ0v) is 11.2. The third kappa shape index (κ3) is 2.57. The fraction of sp³-hybridized carbons (Fsp3) is 0.692. The first-order chi connectivity index (χ1) is 8.05. The Morgan fingerprint density at radius 3 is 2.88 bits per heavy atom. The molecule has 2 N–H and O–H groups in total. The highest BCUT2D eigenvalue weighted by Crippen LogP contribution is 2.39. The van der Waals surface area contributed by atoms with Gasteiger partial charge in [0.15, 0.2) is 0 Å². The van der Waals surface area contributed by atoms with Crippen molar-refractivity contribution >= 4 is 5.95 Å². The molecule has 0 saturated carbocycles. The summed E-state index contributed by atoms with van der Waals surface area (Å²) in [4.78, 5) is 8.93. The van der Waals surface area contributed by atoms with Gasteiger partial charge in [-0.2, -0.15) is 0 Å². The fourth-order valence-corrected chi connectivity index (χ4v) is 2.60. The van der Waals surface area contributed by atoms with Crippen molar-refractivity contribution in [3.63, 3.8) is 0 Å². The van der Waals surface area contributed by atoms with Crippen molar-refractivity contribution in [2.45, 2.75) is 39.7 Å². The summed E-state index contributed by atoms with van der Waals surface area (Å²) in [5.41, 5.74) is 2.76. The number of fused-ring (bicyclic) bond motifs is 1. The standard InChI is InChI=1S/C13H22N4/c1-5-15-10-6-13(2,3)7-11-9(10)8-16-12(14-4)17-11/h8,10,15H,5-7H2,1-4H3,(H,14,16,17). The highest BCUT2D eigenvalue weighted by molar-refractivity contribution is 5.33. The van der Waals surface area contributed by atoms with Gasteiger partial charge in [0.25, 0.3) is 0 Å². The lowest BCUT2D eigenvalue weighted by Crippen LogP contribution is -2.34. The molecule has 0 radical (unpaired) electrons. The molecule has 0 fully saturated rings. The second kappa shape index (κ2) is 4.61. The van der Waals surface area contributed by atoms with Gasteiger partial charge in [0.2, 0.25) is 5.95 Å². The average molecular weight is 234 g/mol. The quantitative estimate of drug-likeness (QED) is 0.841. The van der Waals surface area contributed by atoms with Gasteiger partial charge in [-0.3, -0.25) is 0 Å². The maximum absolute atomic E-state index is 4.60. The fourth-order valence-electron chi connectivity index (χ4n) is 2.60. The van der Waals surface area contributed by atoms with Crippen molar-refractivity contribution in [1.29, 1.82) is 0 Å². The van der Waals surface area contributed by atoms with Crippen LogP contribution >= 0.6 is 0 Å². The minimum atomic E-state index is 0.305. The van der Waals surface area contributed by atoms with Gasteiger partial charge in [0.05, 0.1) is 5.69 Å². The molecule has 1 unspecified atom stereocenters. The molecule has 1 aromatic rings. The van der Waals surface area contributed by atoms with Crippen molar-refractivity contribution in [3.05, 3.63) is 17.5 Å². The summed E-state index contributed by atoms with van der Waals surface area (Å²) < 4.78 is 0. The highest BCUT2D eigenvalue weighted by Gasteiger charge is 2.33. The van der Waals surface area contributed by atoms with Crippen LogP contribution in [-0.4, -0.2) is 23.6 Å². The zero-order valence-electron chi connectivity index (χ0n) is 11.2. The van der Waals surface area contributed by atoms with E-state index in [1.807, 2.05) is 13.2 Å². The van der Waals surface area contributed by atoms with Crippen LogP contribution in [0.2, 0.25) is 0 Å². The van der Waals surface area contributed by atoms with E-state index in [1.54, 1.807) is 0 Å². The van der Waals surface area contributed by atoms with E-state index in [-0.39, 0.29) is 0 Å². The topological polar surface area (TPSA) is 49.8 Å². The zero-order chi connectivity index (χ0) is 12.5. The van der Waals surface area contributed by atoms with Crippen LogP contribution in [-0.2, 0) is 6.42 Å². The molecule has 17 heavy (non-hydrogen) atoms. The van der Waals surface area contributed by atoms with Crippen molar-refractivity contribution in [1.82, 2.24) is 15.3 Å². The summed E-state index contributed by atoms with van der Waals surface area (Å²) in [7, 11) is 1.86. The third-order valence-corrected chi connectivity index (χ3v) is 3.35. The van der Waals surface area contributed by atoms with E-state index < -0.39 is 0 Å². The van der Waals surface area contributed by atoms with Crippen LogP contribution in [0.25, 0.3) is 0 Å². The van der Waals surface area contributed by atoms with Gasteiger partial charge in [-0.05, 0) is 24.8 Å². The van der Waals surface area contributed by atoms with Crippen LogP contribution < -0.4 is 10.6 Å². The maximum atomic E-state index is 4.60. The van der Waals surface area contributed by atoms with Crippen LogP contribution in [0.1, 0.15) is 44.5 Å². The Labute approximate surface area is 103 Å². The molecule has 0 spiro atoms. The molecule has 94 valence electrons. The smallest absolute Gasteiger partial charge is 0.222 e. The lowest BCUT2D eigenvalue weighted by atomic mass is 9.74. The van der Waals surface area contributed by atoms with Gasteiger partial charge in [-0.15, -0.1) is 0 Å². The van der Waals surface area contributed by atoms with E-state index in [0.29, 0.717) is 11.5 Å². The minimum absolute atomic E-state index is 0.305. The van der Waals surface area contributed by atoms with Crippen LogP contribution in [0.4, 0.5) is 5.95 Å². The molecular weight excluding hydrogens is 212 g/mol. The predicted molar refractivity (Wildman–Crippen MR) is 70.1 cm³/mol. The Kier molecular flexibility index (Phi) is 3.33. The van der Waals surface area contributed by atoms with E-state index in [1.165, 1.54) is 11.3 Å². The summed E-state index contributed by atoms with van der Waals surface area (Å²) in [6.45, 7) is 7.74. The summed E-state index contributed by atoms with van der Waals surface area (Å²) in [6, 6.07) is 0.393. The third-order valence-electron chi connectivity index (χ3n) is 3.35. The molecule has 0 bridgehead atoms. The maximum Gasteiger partial charge on any atom is 0.222 e. The van der Waals surface area contributed by atoms with Gasteiger partial charge in [-0.1, -0.05) is 20.8 Å². The summed E-state index contributed by atoms with van der Waals surface area (Å²) in [6.07, 6.45) is 4.15. The number of hydrogen-bond donors (Lipinski definition) is 2. The van der Waals surface area contributed by atoms with Gasteiger partial charge in [0, 0.05) is 24.8 Å². The molecule has 1 heterocycles. The molecule has 4 nitrogen and oxygen atoms in total. The number of nitrogens with one attached hydrogen (secondary N) is 2. The normalized spacial score (nSPS) is 22.0. The molecule has 1 aliphatic carbocycles. The second-order valence-corrected chi connectivity index (χ2v) is 5.50. The molecule has 1 atom stereocenters. The molecule has 2 rings (SSSR count). The van der Waals surface area contributed by atoms with Gasteiger partial charge >= 0.3 is 0 Å². The van der Waals surface area contributed by atoms with E-state index in [9.17, 15) is 0 Å². The molecule has 0 amide bonds. The van der Waals surface area contributed by atoms with Crippen molar-refractivity contribution in [2.24, 2.45) is 5.41 Å². The highest BCUT2D eigenvalue weighted by atomic mass is 15.1. The van der Waals surface area contributed by atoms with Gasteiger partial charge < -0.3 is 10.6 Å².